The number of aldehydes is 1. The molecule has 0 radical (unpaired) electrons. The molecule has 0 amide bonds. The predicted octanol–water partition coefficient (Wildman–Crippen LogP) is 5.23. The molecule has 1 unspecified atom stereocenters. The lowest BCUT2D eigenvalue weighted by Gasteiger charge is -2.44. The van der Waals surface area contributed by atoms with Gasteiger partial charge in [0.15, 0.2) is 12.5 Å². The molecule has 2 aliphatic rings. The molecule has 1 fully saturated rings. The van der Waals surface area contributed by atoms with Crippen molar-refractivity contribution in [1.82, 2.24) is 4.31 Å². The molecule has 2 aromatic carbocycles. The first-order chi connectivity index (χ1) is 15.8. The van der Waals surface area contributed by atoms with Gasteiger partial charge in [0.1, 0.15) is 4.21 Å². The van der Waals surface area contributed by atoms with Crippen LogP contribution in [0, 0.1) is 6.92 Å². The number of thiophene rings is 1. The highest BCUT2D eigenvalue weighted by atomic mass is 35.5. The van der Waals surface area contributed by atoms with Gasteiger partial charge in [-0.1, -0.05) is 29.3 Å². The van der Waals surface area contributed by atoms with Crippen LogP contribution >= 0.6 is 34.5 Å². The Balaban J connectivity index is 1.40. The number of piperidine rings is 1. The Kier molecular flexibility index (Phi) is 6.18. The van der Waals surface area contributed by atoms with Gasteiger partial charge in [-0.15, -0.1) is 11.3 Å². The zero-order valence-corrected chi connectivity index (χ0v) is 21.0. The van der Waals surface area contributed by atoms with Gasteiger partial charge in [-0.2, -0.15) is 4.31 Å². The van der Waals surface area contributed by atoms with Crippen LogP contribution < -0.4 is 4.90 Å². The smallest absolute Gasteiger partial charge is 0.252 e. The summed E-state index contributed by atoms with van der Waals surface area (Å²) < 4.78 is 35.6. The van der Waals surface area contributed by atoms with E-state index in [0.717, 1.165) is 33.2 Å². The van der Waals surface area contributed by atoms with Crippen LogP contribution in [0.15, 0.2) is 40.6 Å². The Labute approximate surface area is 206 Å². The topological polar surface area (TPSA) is 66.9 Å². The molecule has 3 heterocycles. The summed E-state index contributed by atoms with van der Waals surface area (Å²) in [7, 11) is -3.64. The largest absolute Gasteiger partial charge is 0.346 e. The predicted molar refractivity (Wildman–Crippen MR) is 132 cm³/mol. The number of fused-ring (bicyclic) bond motifs is 2. The summed E-state index contributed by atoms with van der Waals surface area (Å²) >= 11 is 13.8. The van der Waals surface area contributed by atoms with Gasteiger partial charge in [0.2, 0.25) is 0 Å². The van der Waals surface area contributed by atoms with E-state index in [9.17, 15) is 13.2 Å². The maximum Gasteiger partial charge on any atom is 0.252 e. The van der Waals surface area contributed by atoms with Gasteiger partial charge in [-0.05, 0) is 61.0 Å². The quantitative estimate of drug-likeness (QED) is 0.437. The maximum absolute atomic E-state index is 13.5. The summed E-state index contributed by atoms with van der Waals surface area (Å²) in [5, 5.41) is 2.05. The van der Waals surface area contributed by atoms with E-state index >= 15 is 0 Å². The summed E-state index contributed by atoms with van der Waals surface area (Å²) in [5.41, 5.74) is 2.46. The Morgan fingerprint density at radius 2 is 1.91 bits per heavy atom. The third kappa shape index (κ3) is 3.96. The van der Waals surface area contributed by atoms with Gasteiger partial charge < -0.3 is 9.64 Å². The first-order valence-corrected chi connectivity index (χ1v) is 13.6. The second-order valence-corrected chi connectivity index (χ2v) is 12.3. The summed E-state index contributed by atoms with van der Waals surface area (Å²) in [4.78, 5) is 13.7. The van der Waals surface area contributed by atoms with Crippen LogP contribution in [0.1, 0.15) is 24.0 Å². The minimum absolute atomic E-state index is 0.0357. The number of ether oxygens (including phenoxy) is 1. The van der Waals surface area contributed by atoms with Crippen molar-refractivity contribution in [1.29, 1.82) is 0 Å². The molecule has 0 aliphatic carbocycles. The van der Waals surface area contributed by atoms with Crippen molar-refractivity contribution in [3.8, 4) is 0 Å². The Bertz CT molecular complexity index is 1330. The molecule has 3 aromatic rings. The fourth-order valence-electron chi connectivity index (χ4n) is 4.72. The molecule has 0 bridgehead atoms. The average molecular weight is 525 g/mol. The van der Waals surface area contributed by atoms with Crippen molar-refractivity contribution >= 4 is 66.6 Å². The SMILES string of the molecule is Cc1c(S(=O)(=O)N2CCC(N3c4cccc(Cl)c4COC3C=O)CC2)sc2ccc(Cl)cc12. The molecule has 10 heteroatoms. The highest BCUT2D eigenvalue weighted by Crippen LogP contribution is 2.40. The number of carbonyl (C=O) groups is 1. The molecule has 1 atom stereocenters. The van der Waals surface area contributed by atoms with E-state index in [0.29, 0.717) is 40.2 Å². The van der Waals surface area contributed by atoms with E-state index in [1.54, 1.807) is 16.4 Å². The van der Waals surface area contributed by atoms with Crippen molar-refractivity contribution in [3.63, 3.8) is 0 Å². The van der Waals surface area contributed by atoms with E-state index in [-0.39, 0.29) is 12.6 Å². The van der Waals surface area contributed by atoms with Crippen molar-refractivity contribution < 1.29 is 17.9 Å². The van der Waals surface area contributed by atoms with E-state index in [1.807, 2.05) is 36.1 Å². The van der Waals surface area contributed by atoms with Crippen molar-refractivity contribution in [2.45, 2.75) is 42.9 Å². The van der Waals surface area contributed by atoms with E-state index in [2.05, 4.69) is 0 Å². The molecule has 33 heavy (non-hydrogen) atoms. The first-order valence-electron chi connectivity index (χ1n) is 10.6. The zero-order valence-electron chi connectivity index (χ0n) is 17.8. The molecular weight excluding hydrogens is 503 g/mol. The molecule has 6 nitrogen and oxygen atoms in total. The highest BCUT2D eigenvalue weighted by molar-refractivity contribution is 7.91. The number of benzene rings is 2. The number of rotatable bonds is 4. The van der Waals surface area contributed by atoms with Crippen molar-refractivity contribution in [2.75, 3.05) is 18.0 Å². The van der Waals surface area contributed by atoms with Gasteiger partial charge in [0, 0.05) is 45.1 Å². The fourth-order valence-corrected chi connectivity index (χ4v) is 8.47. The third-order valence-electron chi connectivity index (χ3n) is 6.41. The Morgan fingerprint density at radius 1 is 1.15 bits per heavy atom. The van der Waals surface area contributed by atoms with Crippen LogP contribution in [0.5, 0.6) is 0 Å². The van der Waals surface area contributed by atoms with Gasteiger partial charge in [0.05, 0.1) is 6.61 Å². The second kappa shape index (κ2) is 8.83. The maximum atomic E-state index is 13.5. The van der Waals surface area contributed by atoms with Crippen molar-refractivity contribution in [2.24, 2.45) is 0 Å². The van der Waals surface area contributed by atoms with Gasteiger partial charge in [-0.25, -0.2) is 8.42 Å². The average Bonchev–Trinajstić information content (AvgIpc) is 3.15. The number of nitrogens with zero attached hydrogens (tertiary/aromatic N) is 2. The number of sulfonamides is 1. The Morgan fingerprint density at radius 3 is 2.64 bits per heavy atom. The fraction of sp³-hybridized carbons (Fsp3) is 0.348. The third-order valence-corrected chi connectivity index (χ3v) is 10.8. The summed E-state index contributed by atoms with van der Waals surface area (Å²) in [6.07, 6.45) is 1.24. The summed E-state index contributed by atoms with van der Waals surface area (Å²) in [6, 6.07) is 11.0. The molecular formula is C23H22Cl2N2O4S2. The monoisotopic (exact) mass is 524 g/mol. The molecule has 2 aliphatic heterocycles. The molecule has 174 valence electrons. The second-order valence-electron chi connectivity index (χ2n) is 8.27. The normalized spacial score (nSPS) is 20.2. The molecule has 1 aromatic heterocycles. The van der Waals surface area contributed by atoms with Crippen LogP contribution in [0.3, 0.4) is 0 Å². The minimum Gasteiger partial charge on any atom is -0.346 e. The van der Waals surface area contributed by atoms with Crippen LogP contribution in [0.25, 0.3) is 10.1 Å². The van der Waals surface area contributed by atoms with E-state index < -0.39 is 16.3 Å². The lowest BCUT2D eigenvalue weighted by Crippen LogP contribution is -2.53. The molecule has 0 N–H and O–H groups in total. The lowest BCUT2D eigenvalue weighted by atomic mass is 10.0. The molecule has 5 rings (SSSR count). The standard InChI is InChI=1S/C23H22Cl2N2O4S2/c1-14-17-11-15(24)5-6-21(17)32-23(14)33(29,30)26-9-7-16(8-10-26)27-20-4-2-3-19(25)18(20)13-31-22(27)12-28/h2-6,11-12,16,22H,7-10,13H2,1H3. The molecule has 1 saturated heterocycles. The number of halogens is 2. The van der Waals surface area contributed by atoms with Crippen LogP contribution in [-0.4, -0.2) is 44.4 Å². The molecule has 0 spiro atoms. The van der Waals surface area contributed by atoms with E-state index in [1.165, 1.54) is 11.3 Å². The van der Waals surface area contributed by atoms with Gasteiger partial charge >= 0.3 is 0 Å². The zero-order chi connectivity index (χ0) is 23.3. The Hall–Kier alpha value is -1.68. The van der Waals surface area contributed by atoms with Crippen molar-refractivity contribution in [3.05, 3.63) is 57.6 Å². The number of hydrogen-bond donors (Lipinski definition) is 0. The van der Waals surface area contributed by atoms with Crippen LogP contribution in [0.2, 0.25) is 10.0 Å². The van der Waals surface area contributed by atoms with Crippen LogP contribution in [0.4, 0.5) is 5.69 Å². The number of hydrogen-bond acceptors (Lipinski definition) is 6. The number of anilines is 1. The first kappa shape index (κ1) is 23.1. The number of carbonyl (C=O) groups excluding carboxylic acids is 1. The van der Waals surface area contributed by atoms with Gasteiger partial charge in [-0.3, -0.25) is 4.79 Å². The lowest BCUT2D eigenvalue weighted by molar-refractivity contribution is -0.120. The number of aryl methyl sites for hydroxylation is 1. The van der Waals surface area contributed by atoms with Crippen LogP contribution in [-0.2, 0) is 26.2 Å². The summed E-state index contributed by atoms with van der Waals surface area (Å²) in [6.45, 7) is 2.82. The summed E-state index contributed by atoms with van der Waals surface area (Å²) in [5.74, 6) is 0. The highest BCUT2D eigenvalue weighted by Gasteiger charge is 2.38. The van der Waals surface area contributed by atoms with E-state index in [4.69, 9.17) is 27.9 Å². The molecule has 0 saturated carbocycles. The van der Waals surface area contributed by atoms with Gasteiger partial charge in [0.25, 0.3) is 10.0 Å². The minimum atomic E-state index is -3.64.